The fourth-order valence-corrected chi connectivity index (χ4v) is 2.50. The molecule has 0 aliphatic carbocycles. The number of nitrogens with one attached hydrogen (secondary N) is 1. The average Bonchev–Trinajstić information content (AvgIpc) is 2.36. The monoisotopic (exact) mass is 259 g/mol. The van der Waals surface area contributed by atoms with Crippen LogP contribution >= 0.6 is 0 Å². The van der Waals surface area contributed by atoms with Crippen molar-refractivity contribution >= 4 is 15.8 Å². The van der Waals surface area contributed by atoms with Crippen LogP contribution in [0.5, 0.6) is 0 Å². The molecule has 0 saturated carbocycles. The predicted octanol–water partition coefficient (Wildman–Crippen LogP) is 0.125. The van der Waals surface area contributed by atoms with Gasteiger partial charge in [0.1, 0.15) is 10.7 Å². The smallest absolute Gasteiger partial charge is 0.244 e. The summed E-state index contributed by atoms with van der Waals surface area (Å²) in [5, 5.41) is 11.8. The maximum atomic E-state index is 12.1. The van der Waals surface area contributed by atoms with E-state index in [1.54, 1.807) is 20.0 Å². The summed E-state index contributed by atoms with van der Waals surface area (Å²) in [6, 6.07) is 2.60. The minimum absolute atomic E-state index is 0.110. The highest BCUT2D eigenvalue weighted by Gasteiger charge is 2.25. The summed E-state index contributed by atoms with van der Waals surface area (Å²) in [5.74, 6) is 0.599. The summed E-state index contributed by atoms with van der Waals surface area (Å²) < 4.78 is 25.3. The molecule has 2 N–H and O–H groups in total. The van der Waals surface area contributed by atoms with Gasteiger partial charge in [-0.1, -0.05) is 0 Å². The van der Waals surface area contributed by atoms with Crippen LogP contribution in [0.1, 0.15) is 6.92 Å². The number of nitrogens with zero attached hydrogens (tertiary/aromatic N) is 2. The largest absolute Gasteiger partial charge is 0.395 e. The van der Waals surface area contributed by atoms with E-state index in [9.17, 15) is 8.42 Å². The van der Waals surface area contributed by atoms with Gasteiger partial charge in [0, 0.05) is 26.3 Å². The molecule has 1 aromatic heterocycles. The Labute approximate surface area is 101 Å². The molecule has 1 atom stereocenters. The standard InChI is InChI=1S/C10H17N3O3S/c1-8(7-14)13(3)17(15,16)9-4-5-10(11-2)12-6-9/h4-6,8,14H,7H2,1-3H3,(H,11,12). The number of aliphatic hydroxyl groups is 1. The second-order valence-electron chi connectivity index (χ2n) is 3.68. The first-order valence-electron chi connectivity index (χ1n) is 5.16. The van der Waals surface area contributed by atoms with Crippen molar-refractivity contribution in [2.45, 2.75) is 17.9 Å². The number of aliphatic hydroxyl groups excluding tert-OH is 1. The summed E-state index contributed by atoms with van der Waals surface area (Å²) in [7, 11) is -0.455. The van der Waals surface area contributed by atoms with Crippen LogP contribution in [-0.4, -0.2) is 49.6 Å². The number of sulfonamides is 1. The molecule has 0 aliphatic heterocycles. The van der Waals surface area contributed by atoms with Gasteiger partial charge in [-0.05, 0) is 19.1 Å². The number of anilines is 1. The molecule has 7 heteroatoms. The lowest BCUT2D eigenvalue weighted by Gasteiger charge is -2.22. The molecule has 0 aromatic carbocycles. The van der Waals surface area contributed by atoms with Crippen LogP contribution in [0.2, 0.25) is 0 Å². The maximum absolute atomic E-state index is 12.1. The molecule has 1 rings (SSSR count). The highest BCUT2D eigenvalue weighted by molar-refractivity contribution is 7.89. The van der Waals surface area contributed by atoms with E-state index in [4.69, 9.17) is 5.11 Å². The summed E-state index contributed by atoms with van der Waals surface area (Å²) in [4.78, 5) is 4.06. The zero-order chi connectivity index (χ0) is 13.1. The average molecular weight is 259 g/mol. The van der Waals surface area contributed by atoms with Gasteiger partial charge in [0.2, 0.25) is 10.0 Å². The van der Waals surface area contributed by atoms with Crippen molar-refractivity contribution in [2.75, 3.05) is 26.0 Å². The van der Waals surface area contributed by atoms with Crippen molar-refractivity contribution in [2.24, 2.45) is 0 Å². The van der Waals surface area contributed by atoms with E-state index in [-0.39, 0.29) is 11.5 Å². The van der Waals surface area contributed by atoms with Crippen LogP contribution in [0.4, 0.5) is 5.82 Å². The Hall–Kier alpha value is -1.18. The fourth-order valence-electron chi connectivity index (χ4n) is 1.20. The number of hydrogen-bond acceptors (Lipinski definition) is 5. The highest BCUT2D eigenvalue weighted by Crippen LogP contribution is 2.16. The van der Waals surface area contributed by atoms with Crippen molar-refractivity contribution < 1.29 is 13.5 Å². The molecule has 17 heavy (non-hydrogen) atoms. The second-order valence-corrected chi connectivity index (χ2v) is 5.68. The first kappa shape index (κ1) is 13.9. The van der Waals surface area contributed by atoms with Gasteiger partial charge < -0.3 is 10.4 Å². The van der Waals surface area contributed by atoms with Gasteiger partial charge in [0.05, 0.1) is 6.61 Å². The van der Waals surface area contributed by atoms with E-state index in [2.05, 4.69) is 10.3 Å². The lowest BCUT2D eigenvalue weighted by Crippen LogP contribution is -2.37. The van der Waals surface area contributed by atoms with Gasteiger partial charge in [0.25, 0.3) is 0 Å². The third-order valence-corrected chi connectivity index (χ3v) is 4.51. The Balaban J connectivity index is 3.04. The minimum atomic E-state index is -3.59. The van der Waals surface area contributed by atoms with E-state index in [0.29, 0.717) is 5.82 Å². The van der Waals surface area contributed by atoms with Crippen LogP contribution < -0.4 is 5.32 Å². The molecule has 0 aliphatic rings. The van der Waals surface area contributed by atoms with Crippen molar-refractivity contribution in [1.29, 1.82) is 0 Å². The minimum Gasteiger partial charge on any atom is -0.395 e. The third kappa shape index (κ3) is 2.93. The quantitative estimate of drug-likeness (QED) is 0.785. The molecule has 0 spiro atoms. The Bertz CT molecular complexity index is 458. The molecule has 0 radical (unpaired) electrons. The summed E-state index contributed by atoms with van der Waals surface area (Å²) in [6.07, 6.45) is 1.29. The number of hydrogen-bond donors (Lipinski definition) is 2. The van der Waals surface area contributed by atoms with Crippen LogP contribution in [0.15, 0.2) is 23.2 Å². The molecule has 0 bridgehead atoms. The molecular formula is C10H17N3O3S. The first-order valence-corrected chi connectivity index (χ1v) is 6.60. The Morgan fingerprint density at radius 1 is 1.53 bits per heavy atom. The van der Waals surface area contributed by atoms with Crippen LogP contribution in [0, 0.1) is 0 Å². The Morgan fingerprint density at radius 3 is 2.59 bits per heavy atom. The lowest BCUT2D eigenvalue weighted by molar-refractivity contribution is 0.214. The molecule has 0 fully saturated rings. The molecule has 1 heterocycles. The zero-order valence-electron chi connectivity index (χ0n) is 10.1. The van der Waals surface area contributed by atoms with Gasteiger partial charge in [-0.2, -0.15) is 4.31 Å². The number of rotatable bonds is 5. The van der Waals surface area contributed by atoms with Gasteiger partial charge in [-0.25, -0.2) is 13.4 Å². The topological polar surface area (TPSA) is 82.5 Å². The van der Waals surface area contributed by atoms with Gasteiger partial charge in [-0.15, -0.1) is 0 Å². The molecule has 96 valence electrons. The summed E-state index contributed by atoms with van der Waals surface area (Å²) >= 11 is 0. The predicted molar refractivity (Wildman–Crippen MR) is 65.3 cm³/mol. The van der Waals surface area contributed by atoms with Crippen molar-refractivity contribution in [3.05, 3.63) is 18.3 Å². The van der Waals surface area contributed by atoms with E-state index < -0.39 is 16.1 Å². The van der Waals surface area contributed by atoms with E-state index in [1.807, 2.05) is 0 Å². The molecular weight excluding hydrogens is 242 g/mol. The van der Waals surface area contributed by atoms with Gasteiger partial charge in [0.15, 0.2) is 0 Å². The molecule has 0 saturated heterocycles. The fraction of sp³-hybridized carbons (Fsp3) is 0.500. The zero-order valence-corrected chi connectivity index (χ0v) is 10.9. The highest BCUT2D eigenvalue weighted by atomic mass is 32.2. The maximum Gasteiger partial charge on any atom is 0.244 e. The van der Waals surface area contributed by atoms with Crippen molar-refractivity contribution in [3.8, 4) is 0 Å². The summed E-state index contributed by atoms with van der Waals surface area (Å²) in [6.45, 7) is 1.41. The van der Waals surface area contributed by atoms with Crippen molar-refractivity contribution in [1.82, 2.24) is 9.29 Å². The molecule has 1 aromatic rings. The molecule has 0 amide bonds. The van der Waals surface area contributed by atoms with Crippen LogP contribution in [0.3, 0.4) is 0 Å². The molecule has 6 nitrogen and oxygen atoms in total. The van der Waals surface area contributed by atoms with Gasteiger partial charge >= 0.3 is 0 Å². The van der Waals surface area contributed by atoms with Gasteiger partial charge in [-0.3, -0.25) is 0 Å². The first-order chi connectivity index (χ1) is 7.93. The second kappa shape index (κ2) is 5.44. The SMILES string of the molecule is CNc1ccc(S(=O)(=O)N(C)C(C)CO)cn1. The van der Waals surface area contributed by atoms with E-state index >= 15 is 0 Å². The van der Waals surface area contributed by atoms with Crippen LogP contribution in [0.25, 0.3) is 0 Å². The lowest BCUT2D eigenvalue weighted by atomic mass is 10.4. The van der Waals surface area contributed by atoms with E-state index in [1.165, 1.54) is 19.3 Å². The molecule has 1 unspecified atom stereocenters. The number of likely N-dealkylation sites (N-methyl/N-ethyl adjacent to an activating group) is 1. The van der Waals surface area contributed by atoms with Crippen LogP contribution in [-0.2, 0) is 10.0 Å². The Morgan fingerprint density at radius 2 is 2.18 bits per heavy atom. The van der Waals surface area contributed by atoms with Crippen molar-refractivity contribution in [3.63, 3.8) is 0 Å². The normalized spacial score (nSPS) is 13.7. The number of aromatic nitrogens is 1. The summed E-state index contributed by atoms with van der Waals surface area (Å²) in [5.41, 5.74) is 0. The number of pyridine rings is 1. The third-order valence-electron chi connectivity index (χ3n) is 2.55. The van der Waals surface area contributed by atoms with E-state index in [0.717, 1.165) is 4.31 Å². The Kier molecular flexibility index (Phi) is 4.44.